The predicted octanol–water partition coefficient (Wildman–Crippen LogP) is 5.03. The van der Waals surface area contributed by atoms with Gasteiger partial charge in [-0.2, -0.15) is 0 Å². The van der Waals surface area contributed by atoms with Crippen LogP contribution in [-0.2, 0) is 0 Å². The van der Waals surface area contributed by atoms with Crippen LogP contribution in [0.2, 0.25) is 5.02 Å². The summed E-state index contributed by atoms with van der Waals surface area (Å²) in [6.07, 6.45) is 0. The van der Waals surface area contributed by atoms with Crippen molar-refractivity contribution < 1.29 is 0 Å². The molecule has 0 spiro atoms. The molecule has 1 nitrogen and oxygen atoms in total. The van der Waals surface area contributed by atoms with Crippen LogP contribution in [0.1, 0.15) is 11.6 Å². The largest absolute Gasteiger partial charge is 0.326 e. The summed E-state index contributed by atoms with van der Waals surface area (Å²) in [5, 5.41) is 0.709. The van der Waals surface area contributed by atoms with Crippen LogP contribution in [0, 0.1) is 0 Å². The maximum absolute atomic E-state index is 6.34. The summed E-state index contributed by atoms with van der Waals surface area (Å²) in [4.78, 5) is 1.97. The van der Waals surface area contributed by atoms with Crippen LogP contribution in [0.5, 0.6) is 0 Å². The van der Waals surface area contributed by atoms with E-state index in [1.165, 1.54) is 0 Å². The van der Waals surface area contributed by atoms with Crippen LogP contribution in [0.4, 0.5) is 5.69 Å². The Hall–Kier alpha value is -0.890. The van der Waals surface area contributed by atoms with E-state index >= 15 is 0 Å². The molecule has 1 aliphatic heterocycles. The van der Waals surface area contributed by atoms with Crippen molar-refractivity contribution in [3.05, 3.63) is 65.2 Å². The molecule has 1 saturated heterocycles. The molecule has 0 amide bonds. The summed E-state index contributed by atoms with van der Waals surface area (Å²) in [5.74, 6) is 0. The molecule has 1 atom stereocenters. The molecule has 1 unspecified atom stereocenters. The van der Waals surface area contributed by atoms with Gasteiger partial charge < -0.3 is 4.90 Å². The van der Waals surface area contributed by atoms with Crippen molar-refractivity contribution in [3.8, 4) is 0 Å². The number of benzene rings is 2. The minimum atomic E-state index is -0.880. The Labute approximate surface area is 121 Å². The van der Waals surface area contributed by atoms with E-state index in [2.05, 4.69) is 0 Å². The maximum Gasteiger partial charge on any atom is 0.215 e. The first-order chi connectivity index (χ1) is 8.60. The van der Waals surface area contributed by atoms with E-state index in [-0.39, 0.29) is 6.04 Å². The number of hydrogen-bond donors (Lipinski definition) is 0. The Bertz CT molecular complexity index is 551. The lowest BCUT2D eigenvalue weighted by molar-refractivity contribution is 1.10. The predicted molar refractivity (Wildman–Crippen MR) is 77.6 cm³/mol. The average Bonchev–Trinajstić information content (AvgIpc) is 2.94. The quantitative estimate of drug-likeness (QED) is 0.427. The van der Waals surface area contributed by atoms with Gasteiger partial charge in [-0.05, 0) is 29.8 Å². The standard InChI is InChI=1S/C14H10Cl3N/c15-11-8-6-10(7-9-11)13-14(16,17)18(13)12-4-2-1-3-5-12/h1-9,13H. The van der Waals surface area contributed by atoms with Crippen LogP contribution in [0.3, 0.4) is 0 Å². The molecule has 2 aromatic carbocycles. The molecule has 1 heterocycles. The highest BCUT2D eigenvalue weighted by molar-refractivity contribution is 6.53. The molecule has 3 rings (SSSR count). The Kier molecular flexibility index (Phi) is 2.93. The highest BCUT2D eigenvalue weighted by atomic mass is 35.5. The van der Waals surface area contributed by atoms with Gasteiger partial charge in [0.1, 0.15) is 6.04 Å². The lowest BCUT2D eigenvalue weighted by Gasteiger charge is -2.05. The zero-order chi connectivity index (χ0) is 12.8. The zero-order valence-corrected chi connectivity index (χ0v) is 11.6. The minimum Gasteiger partial charge on any atom is -0.326 e. The van der Waals surface area contributed by atoms with E-state index in [0.717, 1.165) is 11.3 Å². The molecule has 0 saturated carbocycles. The van der Waals surface area contributed by atoms with E-state index in [0.29, 0.717) is 5.02 Å². The van der Waals surface area contributed by atoms with Gasteiger partial charge in [0.15, 0.2) is 0 Å². The lowest BCUT2D eigenvalue weighted by atomic mass is 10.1. The summed E-state index contributed by atoms with van der Waals surface area (Å²) in [5.41, 5.74) is 2.08. The molecule has 1 fully saturated rings. The molecule has 1 aliphatic rings. The third kappa shape index (κ3) is 1.97. The van der Waals surface area contributed by atoms with Gasteiger partial charge in [0.25, 0.3) is 0 Å². The highest BCUT2D eigenvalue weighted by Crippen LogP contribution is 2.61. The topological polar surface area (TPSA) is 3.01 Å². The van der Waals surface area contributed by atoms with Crippen molar-refractivity contribution in [2.75, 3.05) is 4.90 Å². The van der Waals surface area contributed by atoms with E-state index in [9.17, 15) is 0 Å². The van der Waals surface area contributed by atoms with Gasteiger partial charge in [0, 0.05) is 10.7 Å². The number of alkyl halides is 2. The van der Waals surface area contributed by atoms with Crippen LogP contribution < -0.4 is 4.90 Å². The highest BCUT2D eigenvalue weighted by Gasteiger charge is 2.61. The lowest BCUT2D eigenvalue weighted by Crippen LogP contribution is -2.00. The monoisotopic (exact) mass is 297 g/mol. The third-order valence-corrected chi connectivity index (χ3v) is 4.09. The molecule has 0 aromatic heterocycles. The third-order valence-electron chi connectivity index (χ3n) is 3.06. The fourth-order valence-corrected chi connectivity index (χ4v) is 3.02. The first-order valence-corrected chi connectivity index (χ1v) is 6.72. The van der Waals surface area contributed by atoms with Crippen LogP contribution in [0.15, 0.2) is 54.6 Å². The van der Waals surface area contributed by atoms with Gasteiger partial charge in [-0.3, -0.25) is 0 Å². The van der Waals surface area contributed by atoms with Crippen LogP contribution in [0.25, 0.3) is 0 Å². The van der Waals surface area contributed by atoms with E-state index in [1.807, 2.05) is 59.5 Å². The molecule has 92 valence electrons. The Morgan fingerprint density at radius 2 is 1.50 bits per heavy atom. The number of halogens is 3. The van der Waals surface area contributed by atoms with Gasteiger partial charge in [-0.15, -0.1) is 0 Å². The summed E-state index contributed by atoms with van der Waals surface area (Å²) in [7, 11) is 0. The fourth-order valence-electron chi connectivity index (χ4n) is 2.15. The van der Waals surface area contributed by atoms with E-state index < -0.39 is 4.46 Å². The summed E-state index contributed by atoms with van der Waals surface area (Å²) >= 11 is 18.6. The summed E-state index contributed by atoms with van der Waals surface area (Å²) in [6.45, 7) is 0. The first kappa shape index (κ1) is 12.2. The second-order valence-corrected chi connectivity index (χ2v) is 6.03. The SMILES string of the molecule is Clc1ccc(C2N(c3ccccc3)C2(Cl)Cl)cc1. The smallest absolute Gasteiger partial charge is 0.215 e. The molecular weight excluding hydrogens is 289 g/mol. The number of rotatable bonds is 2. The molecule has 2 aromatic rings. The second-order valence-electron chi connectivity index (χ2n) is 4.25. The van der Waals surface area contributed by atoms with E-state index in [1.54, 1.807) is 0 Å². The molecule has 4 heteroatoms. The number of para-hydroxylation sites is 1. The fraction of sp³-hybridized carbons (Fsp3) is 0.143. The number of nitrogens with zero attached hydrogens (tertiary/aromatic N) is 1. The van der Waals surface area contributed by atoms with Crippen molar-refractivity contribution >= 4 is 40.5 Å². The Balaban J connectivity index is 1.93. The molecule has 0 aliphatic carbocycles. The van der Waals surface area contributed by atoms with Gasteiger partial charge >= 0.3 is 0 Å². The normalized spacial score (nSPS) is 20.8. The average molecular weight is 299 g/mol. The van der Waals surface area contributed by atoms with Crippen molar-refractivity contribution in [1.29, 1.82) is 0 Å². The number of anilines is 1. The molecule has 0 N–H and O–H groups in total. The molecule has 0 bridgehead atoms. The Morgan fingerprint density at radius 1 is 0.889 bits per heavy atom. The van der Waals surface area contributed by atoms with Crippen LogP contribution in [-0.4, -0.2) is 4.46 Å². The van der Waals surface area contributed by atoms with Gasteiger partial charge in [-0.25, -0.2) is 0 Å². The maximum atomic E-state index is 6.34. The zero-order valence-electron chi connectivity index (χ0n) is 9.35. The van der Waals surface area contributed by atoms with Crippen molar-refractivity contribution in [2.45, 2.75) is 10.5 Å². The molecular formula is C14H10Cl3N. The molecule has 18 heavy (non-hydrogen) atoms. The van der Waals surface area contributed by atoms with Gasteiger partial charge in [-0.1, -0.05) is 65.1 Å². The molecule has 0 radical (unpaired) electrons. The summed E-state index contributed by atoms with van der Waals surface area (Å²) < 4.78 is -0.880. The van der Waals surface area contributed by atoms with Crippen molar-refractivity contribution in [3.63, 3.8) is 0 Å². The first-order valence-electron chi connectivity index (χ1n) is 5.58. The summed E-state index contributed by atoms with van der Waals surface area (Å²) in [6, 6.07) is 17.5. The Morgan fingerprint density at radius 3 is 2.11 bits per heavy atom. The van der Waals surface area contributed by atoms with Gasteiger partial charge in [0.05, 0.1) is 0 Å². The van der Waals surface area contributed by atoms with Crippen molar-refractivity contribution in [1.82, 2.24) is 0 Å². The minimum absolute atomic E-state index is 0.0273. The van der Waals surface area contributed by atoms with E-state index in [4.69, 9.17) is 34.8 Å². The van der Waals surface area contributed by atoms with Crippen LogP contribution >= 0.6 is 34.8 Å². The second kappa shape index (κ2) is 4.34. The number of hydrogen-bond acceptors (Lipinski definition) is 1. The van der Waals surface area contributed by atoms with Gasteiger partial charge in [0.2, 0.25) is 4.46 Å². The van der Waals surface area contributed by atoms with Crippen molar-refractivity contribution in [2.24, 2.45) is 0 Å².